The first kappa shape index (κ1) is 22.1. The van der Waals surface area contributed by atoms with E-state index < -0.39 is 28.6 Å². The smallest absolute Gasteiger partial charge is 0.318 e. The summed E-state index contributed by atoms with van der Waals surface area (Å²) in [6.07, 6.45) is 1.09. The molecule has 3 heterocycles. The number of fused-ring (bicyclic) bond motifs is 1. The van der Waals surface area contributed by atoms with Crippen LogP contribution in [0.25, 0.3) is 22.6 Å². The number of carbonyl (C=O) groups excluding carboxylic acids is 1. The van der Waals surface area contributed by atoms with Gasteiger partial charge in [-0.2, -0.15) is 5.10 Å². The summed E-state index contributed by atoms with van der Waals surface area (Å²) in [5.74, 6) is -0.981. The van der Waals surface area contributed by atoms with Gasteiger partial charge in [0.05, 0.1) is 30.7 Å². The molecule has 0 amide bonds. The molecular formula is C22H21FN6O4. The van der Waals surface area contributed by atoms with Crippen molar-refractivity contribution in [1.29, 1.82) is 0 Å². The number of hydrogen-bond acceptors (Lipinski definition) is 8. The van der Waals surface area contributed by atoms with E-state index in [-0.39, 0.29) is 11.5 Å². The number of H-pyrrole nitrogens is 1. The number of nitrogens with zero attached hydrogens (tertiary/aromatic N) is 5. The lowest BCUT2D eigenvalue weighted by Crippen LogP contribution is -2.29. The van der Waals surface area contributed by atoms with Crippen molar-refractivity contribution >= 4 is 17.0 Å². The van der Waals surface area contributed by atoms with Gasteiger partial charge in [0.15, 0.2) is 11.5 Å². The fourth-order valence-corrected chi connectivity index (χ4v) is 2.96. The van der Waals surface area contributed by atoms with E-state index >= 15 is 0 Å². The number of rotatable bonds is 5. The third kappa shape index (κ3) is 4.56. The molecule has 1 N–H and O–H groups in total. The predicted octanol–water partition coefficient (Wildman–Crippen LogP) is 2.72. The van der Waals surface area contributed by atoms with Gasteiger partial charge in [0.1, 0.15) is 17.3 Å². The molecule has 0 spiro atoms. The molecule has 0 unspecified atom stereocenters. The van der Waals surface area contributed by atoms with E-state index in [2.05, 4.69) is 25.3 Å². The summed E-state index contributed by atoms with van der Waals surface area (Å²) >= 11 is 0. The van der Waals surface area contributed by atoms with Crippen molar-refractivity contribution in [3.8, 4) is 23.1 Å². The Morgan fingerprint density at radius 2 is 1.91 bits per heavy atom. The second-order valence-electron chi connectivity index (χ2n) is 8.33. The zero-order valence-electron chi connectivity index (χ0n) is 18.4. The quantitative estimate of drug-likeness (QED) is 0.458. The van der Waals surface area contributed by atoms with Gasteiger partial charge in [-0.3, -0.25) is 14.6 Å². The molecule has 0 saturated heterocycles. The summed E-state index contributed by atoms with van der Waals surface area (Å²) in [5, 5.41) is 12.5. The van der Waals surface area contributed by atoms with E-state index in [1.54, 1.807) is 32.6 Å². The van der Waals surface area contributed by atoms with E-state index in [1.165, 1.54) is 6.07 Å². The molecule has 10 nitrogen and oxygen atoms in total. The molecule has 0 saturated carbocycles. The Morgan fingerprint density at radius 3 is 2.55 bits per heavy atom. The third-order valence-electron chi connectivity index (χ3n) is 4.74. The number of carbonyl (C=O) groups is 1. The number of aromatic nitrogens is 6. The Morgan fingerprint density at radius 1 is 1.18 bits per heavy atom. The Hall–Kier alpha value is -4.15. The fraction of sp³-hybridized carbons (Fsp3) is 0.273. The second-order valence-corrected chi connectivity index (χ2v) is 8.33. The number of pyridine rings is 1. The highest BCUT2D eigenvalue weighted by Crippen LogP contribution is 2.25. The Kier molecular flexibility index (Phi) is 5.62. The van der Waals surface area contributed by atoms with Gasteiger partial charge in [0.25, 0.3) is 0 Å². The molecule has 0 radical (unpaired) electrons. The number of esters is 1. The zero-order chi connectivity index (χ0) is 23.8. The van der Waals surface area contributed by atoms with Crippen LogP contribution in [0.15, 0.2) is 41.3 Å². The van der Waals surface area contributed by atoms with Gasteiger partial charge in [-0.15, -0.1) is 10.2 Å². The topological polar surface area (TPSA) is 125 Å². The molecule has 11 heteroatoms. The van der Waals surface area contributed by atoms with E-state index in [0.717, 1.165) is 11.8 Å². The number of halogens is 1. The van der Waals surface area contributed by atoms with Crippen LogP contribution < -0.4 is 15.0 Å². The van der Waals surface area contributed by atoms with Gasteiger partial charge >= 0.3 is 17.4 Å². The molecule has 33 heavy (non-hydrogen) atoms. The summed E-state index contributed by atoms with van der Waals surface area (Å²) in [6.45, 7) is 5.27. The van der Waals surface area contributed by atoms with Crippen molar-refractivity contribution in [2.45, 2.75) is 27.3 Å². The van der Waals surface area contributed by atoms with Crippen molar-refractivity contribution in [2.75, 3.05) is 7.11 Å². The summed E-state index contributed by atoms with van der Waals surface area (Å²) in [4.78, 5) is 31.2. The largest absolute Gasteiger partial charge is 0.497 e. The molecule has 0 bridgehead atoms. The number of ether oxygens (including phenoxy) is 2. The number of nitrogens with one attached hydrogen (secondary N) is 1. The van der Waals surface area contributed by atoms with Crippen molar-refractivity contribution in [2.24, 2.45) is 5.41 Å². The van der Waals surface area contributed by atoms with Crippen LogP contribution in [0.3, 0.4) is 0 Å². The summed E-state index contributed by atoms with van der Waals surface area (Å²) in [5.41, 5.74) is -0.106. The number of hydrogen-bond donors (Lipinski definition) is 1. The highest BCUT2D eigenvalue weighted by molar-refractivity contribution is 5.89. The molecule has 0 atom stereocenters. The maximum absolute atomic E-state index is 14.0. The fourth-order valence-electron chi connectivity index (χ4n) is 2.96. The minimum Gasteiger partial charge on any atom is -0.497 e. The third-order valence-corrected chi connectivity index (χ3v) is 4.74. The normalized spacial score (nSPS) is 11.5. The first-order valence-electron chi connectivity index (χ1n) is 10.0. The molecule has 4 aromatic rings. The second kappa shape index (κ2) is 8.41. The number of methoxy groups -OCH3 is 1. The highest BCUT2D eigenvalue weighted by Gasteiger charge is 2.26. The van der Waals surface area contributed by atoms with E-state index in [4.69, 9.17) is 9.47 Å². The van der Waals surface area contributed by atoms with E-state index in [0.29, 0.717) is 23.3 Å². The van der Waals surface area contributed by atoms with Crippen LogP contribution in [-0.2, 0) is 11.3 Å². The molecule has 4 rings (SSSR count). The zero-order valence-corrected chi connectivity index (χ0v) is 18.4. The lowest BCUT2D eigenvalue weighted by molar-refractivity contribution is -0.143. The lowest BCUT2D eigenvalue weighted by atomic mass is 9.97. The molecule has 0 aliphatic rings. The minimum absolute atomic E-state index is 0.0126. The average molecular weight is 452 g/mol. The number of aromatic amines is 1. The molecular weight excluding hydrogens is 431 g/mol. The van der Waals surface area contributed by atoms with E-state index in [1.807, 2.05) is 24.3 Å². The van der Waals surface area contributed by atoms with Gasteiger partial charge in [0, 0.05) is 0 Å². The summed E-state index contributed by atoms with van der Waals surface area (Å²) in [6, 6.07) is 8.62. The minimum atomic E-state index is -0.827. The monoisotopic (exact) mass is 452 g/mol. The van der Waals surface area contributed by atoms with Gasteiger partial charge in [-0.25, -0.2) is 14.1 Å². The van der Waals surface area contributed by atoms with Gasteiger partial charge in [-0.05, 0) is 44.5 Å². The predicted molar refractivity (Wildman–Crippen MR) is 116 cm³/mol. The van der Waals surface area contributed by atoms with Crippen molar-refractivity contribution in [3.05, 3.63) is 58.3 Å². The SMILES string of the molecule is COc1ccc(Cn2nc(-c3nnc(OC(=O)C(C)(C)C)c(=O)[nH]3)c3cc(F)cnc32)cc1. The van der Waals surface area contributed by atoms with Gasteiger partial charge < -0.3 is 9.47 Å². The first-order valence-corrected chi connectivity index (χ1v) is 10.0. The summed E-state index contributed by atoms with van der Waals surface area (Å²) < 4.78 is 25.8. The van der Waals surface area contributed by atoms with Crippen LogP contribution >= 0.6 is 0 Å². The summed E-state index contributed by atoms with van der Waals surface area (Å²) in [7, 11) is 1.58. The van der Waals surface area contributed by atoms with E-state index in [9.17, 15) is 14.0 Å². The molecule has 3 aromatic heterocycles. The maximum Gasteiger partial charge on any atom is 0.318 e. The van der Waals surface area contributed by atoms with Gasteiger partial charge in [0.2, 0.25) is 0 Å². The molecule has 170 valence electrons. The molecule has 0 fully saturated rings. The number of benzene rings is 1. The van der Waals surface area contributed by atoms with Crippen LogP contribution in [0.1, 0.15) is 26.3 Å². The highest BCUT2D eigenvalue weighted by atomic mass is 19.1. The van der Waals surface area contributed by atoms with Crippen molar-refractivity contribution in [1.82, 2.24) is 29.9 Å². The average Bonchev–Trinajstić information content (AvgIpc) is 3.12. The molecule has 0 aliphatic heterocycles. The lowest BCUT2D eigenvalue weighted by Gasteiger charge is -2.14. The Balaban J connectivity index is 1.73. The van der Waals surface area contributed by atoms with Crippen LogP contribution in [0.5, 0.6) is 11.6 Å². The van der Waals surface area contributed by atoms with Crippen LogP contribution in [0, 0.1) is 11.2 Å². The van der Waals surface area contributed by atoms with Gasteiger partial charge in [-0.1, -0.05) is 12.1 Å². The van der Waals surface area contributed by atoms with Crippen molar-refractivity contribution in [3.63, 3.8) is 0 Å². The maximum atomic E-state index is 14.0. The van der Waals surface area contributed by atoms with Crippen LogP contribution in [0.2, 0.25) is 0 Å². The van der Waals surface area contributed by atoms with Crippen LogP contribution in [-0.4, -0.2) is 43.0 Å². The standard InChI is InChI=1S/C22H21FN6O4/c1-22(2,3)21(31)33-20-19(30)25-17(26-27-20)16-15-9-13(23)10-24-18(15)29(28-16)11-12-5-7-14(32-4)8-6-12/h5-10H,11H2,1-4H3,(H,25,26,30). The Bertz CT molecular complexity index is 1390. The molecule has 1 aromatic carbocycles. The van der Waals surface area contributed by atoms with Crippen molar-refractivity contribution < 1.29 is 18.7 Å². The first-order chi connectivity index (χ1) is 15.7. The Labute approximate surface area is 187 Å². The molecule has 0 aliphatic carbocycles. The van der Waals surface area contributed by atoms with Crippen LogP contribution in [0.4, 0.5) is 4.39 Å².